The zero-order valence-electron chi connectivity index (χ0n) is 18.2. The Bertz CT molecular complexity index is 1350. The Labute approximate surface area is 187 Å². The van der Waals surface area contributed by atoms with Gasteiger partial charge in [-0.2, -0.15) is 5.10 Å². The highest BCUT2D eigenvalue weighted by atomic mass is 19.3. The Kier molecular flexibility index (Phi) is 4.82. The largest absolute Gasteiger partial charge is 0.432 e. The summed E-state index contributed by atoms with van der Waals surface area (Å²) in [7, 11) is 0. The van der Waals surface area contributed by atoms with E-state index in [4.69, 9.17) is 4.42 Å². The highest BCUT2D eigenvalue weighted by Crippen LogP contribution is 2.38. The molecule has 0 unspecified atom stereocenters. The molecule has 2 N–H and O–H groups in total. The van der Waals surface area contributed by atoms with E-state index in [0.29, 0.717) is 17.8 Å². The van der Waals surface area contributed by atoms with Gasteiger partial charge >= 0.3 is 0 Å². The average molecular weight is 456 g/mol. The molecule has 0 saturated carbocycles. The van der Waals surface area contributed by atoms with Crippen LogP contribution in [0.2, 0.25) is 0 Å². The summed E-state index contributed by atoms with van der Waals surface area (Å²) in [6.07, 6.45) is 0.751. The molecule has 1 aliphatic rings. The lowest BCUT2D eigenvalue weighted by atomic mass is 9.97. The Hall–Kier alpha value is -3.60. The third-order valence-electron chi connectivity index (χ3n) is 5.85. The van der Waals surface area contributed by atoms with Crippen LogP contribution < -0.4 is 0 Å². The van der Waals surface area contributed by atoms with Gasteiger partial charge in [0.25, 0.3) is 12.3 Å². The van der Waals surface area contributed by atoms with Gasteiger partial charge in [-0.05, 0) is 32.9 Å². The van der Waals surface area contributed by atoms with Crippen molar-refractivity contribution in [2.45, 2.75) is 45.3 Å². The number of aromatic nitrogens is 5. The highest BCUT2D eigenvalue weighted by Gasteiger charge is 2.41. The van der Waals surface area contributed by atoms with Crippen LogP contribution in [0.15, 0.2) is 35.1 Å². The van der Waals surface area contributed by atoms with Crippen molar-refractivity contribution in [1.82, 2.24) is 29.5 Å². The second-order valence-corrected chi connectivity index (χ2v) is 8.55. The maximum absolute atomic E-state index is 13.8. The van der Waals surface area contributed by atoms with Gasteiger partial charge in [-0.3, -0.25) is 4.79 Å². The van der Waals surface area contributed by atoms with Crippen molar-refractivity contribution in [2.24, 2.45) is 0 Å². The summed E-state index contributed by atoms with van der Waals surface area (Å²) in [4.78, 5) is 26.3. The van der Waals surface area contributed by atoms with E-state index in [-0.39, 0.29) is 12.4 Å². The van der Waals surface area contributed by atoms with E-state index in [9.17, 15) is 18.7 Å². The number of hydrogen-bond acceptors (Lipinski definition) is 6. The number of aliphatic hydroxyl groups is 1. The number of carbonyl (C=O) groups excluding carboxylic acids is 1. The maximum atomic E-state index is 13.8. The molecule has 172 valence electrons. The molecule has 1 amide bonds. The number of amides is 1. The van der Waals surface area contributed by atoms with E-state index in [2.05, 4.69) is 20.1 Å². The molecule has 1 atom stereocenters. The summed E-state index contributed by atoms with van der Waals surface area (Å²) in [5, 5.41) is 14.9. The van der Waals surface area contributed by atoms with Crippen LogP contribution in [0.3, 0.4) is 0 Å². The first-order valence-corrected chi connectivity index (χ1v) is 10.5. The van der Waals surface area contributed by atoms with Crippen LogP contribution in [0.4, 0.5) is 8.78 Å². The molecule has 0 fully saturated rings. The molecule has 4 aromatic rings. The predicted octanol–water partition coefficient (Wildman–Crippen LogP) is 3.31. The molecule has 0 aromatic carbocycles. The van der Waals surface area contributed by atoms with Crippen molar-refractivity contribution in [3.8, 4) is 0 Å². The molecular weight excluding hydrogens is 434 g/mol. The van der Waals surface area contributed by atoms with Crippen LogP contribution in [-0.2, 0) is 12.0 Å². The first kappa shape index (κ1) is 21.3. The molecule has 5 rings (SSSR count). The van der Waals surface area contributed by atoms with Crippen LogP contribution in [0.25, 0.3) is 5.52 Å². The highest BCUT2D eigenvalue weighted by molar-refractivity contribution is 5.93. The monoisotopic (exact) mass is 456 g/mol. The summed E-state index contributed by atoms with van der Waals surface area (Å²) in [6.45, 7) is 4.82. The SMILES string of the molecule is Cc1c([C@@H]2c3nc[nH]c3CCN2C(=O)c2oc(C(C)(C)O)nc2C(F)F)nn2ccccc12. The van der Waals surface area contributed by atoms with Gasteiger partial charge in [-0.15, -0.1) is 0 Å². The lowest BCUT2D eigenvalue weighted by Gasteiger charge is -2.33. The molecule has 0 radical (unpaired) electrons. The number of nitrogens with one attached hydrogen (secondary N) is 1. The summed E-state index contributed by atoms with van der Waals surface area (Å²) in [5.41, 5.74) is 1.32. The Morgan fingerprint density at radius 2 is 2.12 bits per heavy atom. The first-order valence-electron chi connectivity index (χ1n) is 10.5. The van der Waals surface area contributed by atoms with E-state index in [1.807, 2.05) is 25.1 Å². The minimum atomic E-state index is -3.05. The fourth-order valence-corrected chi connectivity index (χ4v) is 4.20. The minimum Gasteiger partial charge on any atom is -0.432 e. The number of halogens is 2. The topological polar surface area (TPSA) is 113 Å². The van der Waals surface area contributed by atoms with Crippen LogP contribution in [-0.4, -0.2) is 47.0 Å². The van der Waals surface area contributed by atoms with Crippen molar-refractivity contribution in [3.05, 3.63) is 70.7 Å². The van der Waals surface area contributed by atoms with Gasteiger partial charge < -0.3 is 19.4 Å². The van der Waals surface area contributed by atoms with E-state index in [1.165, 1.54) is 18.7 Å². The number of alkyl halides is 2. The van der Waals surface area contributed by atoms with E-state index in [1.54, 1.807) is 17.0 Å². The fraction of sp³-hybridized carbons (Fsp3) is 0.364. The van der Waals surface area contributed by atoms with Gasteiger partial charge in [0.15, 0.2) is 5.69 Å². The van der Waals surface area contributed by atoms with E-state index < -0.39 is 35.4 Å². The standard InChI is InChI=1S/C22H22F2N6O3/c1-11-13-6-4-5-8-30(13)28-14(11)17-15-12(25-10-26-15)7-9-29(17)20(31)18-16(19(23)24)27-21(33-18)22(2,3)32/h4-6,8,10,17,19,32H,7,9H2,1-3H3,(H,25,26)/t17-/m1/s1. The average Bonchev–Trinajstić information content (AvgIpc) is 3.49. The Morgan fingerprint density at radius 1 is 1.33 bits per heavy atom. The maximum Gasteiger partial charge on any atom is 0.292 e. The third-order valence-corrected chi connectivity index (χ3v) is 5.85. The second-order valence-electron chi connectivity index (χ2n) is 8.55. The molecule has 5 heterocycles. The Balaban J connectivity index is 1.65. The van der Waals surface area contributed by atoms with Gasteiger partial charge in [0.1, 0.15) is 11.6 Å². The van der Waals surface area contributed by atoms with Crippen molar-refractivity contribution in [1.29, 1.82) is 0 Å². The molecule has 0 spiro atoms. The molecule has 0 bridgehead atoms. The number of fused-ring (bicyclic) bond motifs is 2. The molecule has 4 aromatic heterocycles. The molecule has 33 heavy (non-hydrogen) atoms. The van der Waals surface area contributed by atoms with Crippen LogP contribution in [0.1, 0.15) is 71.1 Å². The van der Waals surface area contributed by atoms with E-state index >= 15 is 0 Å². The minimum absolute atomic E-state index is 0.229. The van der Waals surface area contributed by atoms with Crippen LogP contribution in [0, 0.1) is 6.92 Å². The molecule has 1 aliphatic heterocycles. The van der Waals surface area contributed by atoms with Crippen LogP contribution in [0.5, 0.6) is 0 Å². The number of imidazole rings is 1. The lowest BCUT2D eigenvalue weighted by molar-refractivity contribution is 0.0440. The summed E-state index contributed by atoms with van der Waals surface area (Å²) < 4.78 is 34.6. The van der Waals surface area contributed by atoms with Crippen molar-refractivity contribution < 1.29 is 23.1 Å². The van der Waals surface area contributed by atoms with Gasteiger partial charge in [0, 0.05) is 30.4 Å². The number of aromatic amines is 1. The molecule has 0 saturated heterocycles. The zero-order valence-corrected chi connectivity index (χ0v) is 18.2. The summed E-state index contributed by atoms with van der Waals surface area (Å²) >= 11 is 0. The molecule has 11 heteroatoms. The number of oxazole rings is 1. The number of nitrogens with zero attached hydrogens (tertiary/aromatic N) is 5. The zero-order chi connectivity index (χ0) is 23.5. The number of rotatable bonds is 4. The summed E-state index contributed by atoms with van der Waals surface area (Å²) in [5.74, 6) is -1.70. The van der Waals surface area contributed by atoms with Crippen molar-refractivity contribution in [3.63, 3.8) is 0 Å². The van der Waals surface area contributed by atoms with E-state index in [0.717, 1.165) is 16.8 Å². The lowest BCUT2D eigenvalue weighted by Crippen LogP contribution is -2.41. The van der Waals surface area contributed by atoms with Crippen molar-refractivity contribution in [2.75, 3.05) is 6.54 Å². The smallest absolute Gasteiger partial charge is 0.292 e. The van der Waals surface area contributed by atoms with Crippen LogP contribution >= 0.6 is 0 Å². The van der Waals surface area contributed by atoms with Crippen molar-refractivity contribution >= 4 is 11.4 Å². The third kappa shape index (κ3) is 3.39. The quantitative estimate of drug-likeness (QED) is 0.487. The van der Waals surface area contributed by atoms with Gasteiger partial charge in [-0.1, -0.05) is 6.07 Å². The molecular formula is C22H22F2N6O3. The number of aryl methyl sites for hydroxylation is 1. The second kappa shape index (κ2) is 7.48. The predicted molar refractivity (Wildman–Crippen MR) is 112 cm³/mol. The first-order chi connectivity index (χ1) is 15.7. The molecule has 9 nitrogen and oxygen atoms in total. The van der Waals surface area contributed by atoms with Gasteiger partial charge in [-0.25, -0.2) is 23.3 Å². The van der Waals surface area contributed by atoms with Gasteiger partial charge in [0.2, 0.25) is 11.7 Å². The fourth-order valence-electron chi connectivity index (χ4n) is 4.20. The number of pyridine rings is 1. The van der Waals surface area contributed by atoms with Gasteiger partial charge in [0.05, 0.1) is 23.2 Å². The Morgan fingerprint density at radius 3 is 2.82 bits per heavy atom. The summed E-state index contributed by atoms with van der Waals surface area (Å²) in [6, 6.07) is 4.93. The number of H-pyrrole nitrogens is 1. The number of hydrogen-bond donors (Lipinski definition) is 2. The molecule has 0 aliphatic carbocycles. The normalized spacial score (nSPS) is 16.6. The number of carbonyl (C=O) groups is 1.